The Kier molecular flexibility index (Phi) is 4.20. The summed E-state index contributed by atoms with van der Waals surface area (Å²) in [6, 6.07) is 12.0. The van der Waals surface area contributed by atoms with E-state index < -0.39 is 0 Å². The molecule has 0 unspecified atom stereocenters. The lowest BCUT2D eigenvalue weighted by Gasteiger charge is -2.04. The zero-order valence-corrected chi connectivity index (χ0v) is 11.5. The van der Waals surface area contributed by atoms with Gasteiger partial charge < -0.3 is 4.74 Å². The van der Waals surface area contributed by atoms with E-state index in [1.165, 1.54) is 11.1 Å². The van der Waals surface area contributed by atoms with Gasteiger partial charge in [0.05, 0.1) is 0 Å². The molecule has 0 bridgehead atoms. The summed E-state index contributed by atoms with van der Waals surface area (Å²) in [7, 11) is 0. The number of hydrogen-bond donors (Lipinski definition) is 0. The fourth-order valence-corrected chi connectivity index (χ4v) is 1.87. The molecule has 1 aromatic heterocycles. The van der Waals surface area contributed by atoms with Crippen LogP contribution in [0.25, 0.3) is 0 Å². The summed E-state index contributed by atoms with van der Waals surface area (Å²) in [5.74, 6) is 6.85. The minimum absolute atomic E-state index is 0.374. The first-order valence-corrected chi connectivity index (χ1v) is 6.27. The number of ether oxygens (including phenoxy) is 1. The number of aryl methyl sites for hydroxylation is 3. The third-order valence-electron chi connectivity index (χ3n) is 2.61. The number of hydrogen-bond acceptors (Lipinski definition) is 2. The smallest absolute Gasteiger partial charge is 0.149 e. The van der Waals surface area contributed by atoms with Gasteiger partial charge in [-0.3, -0.25) is 0 Å². The Bertz CT molecular complexity index is 615. The van der Waals surface area contributed by atoms with E-state index in [4.69, 9.17) is 4.74 Å². The Balaban J connectivity index is 1.97. The van der Waals surface area contributed by atoms with Gasteiger partial charge in [-0.1, -0.05) is 18.1 Å². The molecule has 0 aliphatic carbocycles. The maximum absolute atomic E-state index is 5.62. The Labute approximate surface area is 114 Å². The highest BCUT2D eigenvalue weighted by atomic mass is 16.5. The van der Waals surface area contributed by atoms with Crippen LogP contribution < -0.4 is 4.74 Å². The minimum atomic E-state index is 0.374. The second kappa shape index (κ2) is 6.06. The van der Waals surface area contributed by atoms with E-state index in [2.05, 4.69) is 36.7 Å². The molecule has 2 rings (SSSR count). The SMILES string of the molecule is Cc1cc(C)cc(OCC#Cc2cccc(C)n2)c1. The van der Waals surface area contributed by atoms with Crippen LogP contribution in [0.5, 0.6) is 5.75 Å². The normalized spacial score (nSPS) is 9.63. The number of benzene rings is 1. The molecule has 0 fully saturated rings. The fourth-order valence-electron chi connectivity index (χ4n) is 1.87. The fraction of sp³-hybridized carbons (Fsp3) is 0.235. The lowest BCUT2D eigenvalue weighted by atomic mass is 10.1. The second-order valence-electron chi connectivity index (χ2n) is 4.58. The lowest BCUT2D eigenvalue weighted by molar-refractivity contribution is 0.369. The molecule has 19 heavy (non-hydrogen) atoms. The summed E-state index contributed by atoms with van der Waals surface area (Å²) in [5, 5.41) is 0. The van der Waals surface area contributed by atoms with Crippen LogP contribution >= 0.6 is 0 Å². The third kappa shape index (κ3) is 4.15. The van der Waals surface area contributed by atoms with Gasteiger partial charge in [0, 0.05) is 5.69 Å². The Morgan fingerprint density at radius 2 is 1.79 bits per heavy atom. The van der Waals surface area contributed by atoms with Crippen LogP contribution in [0, 0.1) is 32.6 Å². The van der Waals surface area contributed by atoms with Crippen LogP contribution in [0.2, 0.25) is 0 Å². The predicted molar refractivity (Wildman–Crippen MR) is 77.3 cm³/mol. The molecule has 0 aliphatic rings. The average molecular weight is 251 g/mol. The zero-order valence-electron chi connectivity index (χ0n) is 11.5. The molecule has 0 N–H and O–H groups in total. The predicted octanol–water partition coefficient (Wildman–Crippen LogP) is 3.44. The van der Waals surface area contributed by atoms with Crippen molar-refractivity contribution in [3.63, 3.8) is 0 Å². The molecule has 1 aromatic carbocycles. The molecule has 0 atom stereocenters. The van der Waals surface area contributed by atoms with E-state index >= 15 is 0 Å². The van der Waals surface area contributed by atoms with Crippen molar-refractivity contribution in [2.45, 2.75) is 20.8 Å². The first-order valence-electron chi connectivity index (χ1n) is 6.27. The number of nitrogens with zero attached hydrogens (tertiary/aromatic N) is 1. The van der Waals surface area contributed by atoms with Crippen molar-refractivity contribution in [1.29, 1.82) is 0 Å². The maximum Gasteiger partial charge on any atom is 0.149 e. The number of aromatic nitrogens is 1. The quantitative estimate of drug-likeness (QED) is 0.763. The van der Waals surface area contributed by atoms with Gasteiger partial charge in [-0.05, 0) is 62.1 Å². The molecule has 0 aliphatic heterocycles. The molecule has 2 aromatic rings. The van der Waals surface area contributed by atoms with Gasteiger partial charge in [-0.2, -0.15) is 0 Å². The van der Waals surface area contributed by atoms with Gasteiger partial charge in [0.15, 0.2) is 0 Å². The monoisotopic (exact) mass is 251 g/mol. The molecule has 2 heteroatoms. The highest BCUT2D eigenvalue weighted by Crippen LogP contribution is 2.15. The minimum Gasteiger partial charge on any atom is -0.481 e. The number of rotatable bonds is 2. The van der Waals surface area contributed by atoms with Crippen LogP contribution in [0.1, 0.15) is 22.5 Å². The highest BCUT2D eigenvalue weighted by molar-refractivity contribution is 5.34. The Morgan fingerprint density at radius 1 is 1.05 bits per heavy atom. The van der Waals surface area contributed by atoms with Crippen molar-refractivity contribution >= 4 is 0 Å². The lowest BCUT2D eigenvalue weighted by Crippen LogP contribution is -1.95. The van der Waals surface area contributed by atoms with Gasteiger partial charge in [-0.15, -0.1) is 0 Å². The molecule has 1 heterocycles. The zero-order chi connectivity index (χ0) is 13.7. The Hall–Kier alpha value is -2.27. The van der Waals surface area contributed by atoms with Gasteiger partial charge in [0.25, 0.3) is 0 Å². The van der Waals surface area contributed by atoms with E-state index in [-0.39, 0.29) is 0 Å². The largest absolute Gasteiger partial charge is 0.481 e. The highest BCUT2D eigenvalue weighted by Gasteiger charge is 1.95. The van der Waals surface area contributed by atoms with Crippen LogP contribution in [0.4, 0.5) is 0 Å². The van der Waals surface area contributed by atoms with E-state index in [1.807, 2.05) is 37.3 Å². The molecular formula is C17H17NO. The van der Waals surface area contributed by atoms with Crippen LogP contribution in [-0.2, 0) is 0 Å². The standard InChI is InChI=1S/C17H17NO/c1-13-10-14(2)12-17(11-13)19-9-5-8-16-7-4-6-15(3)18-16/h4,6-7,10-12H,9H2,1-3H3. The van der Waals surface area contributed by atoms with E-state index in [9.17, 15) is 0 Å². The summed E-state index contributed by atoms with van der Waals surface area (Å²) >= 11 is 0. The molecule has 0 radical (unpaired) electrons. The van der Waals surface area contributed by atoms with Gasteiger partial charge in [-0.25, -0.2) is 4.98 Å². The molecule has 2 nitrogen and oxygen atoms in total. The van der Waals surface area contributed by atoms with Crippen molar-refractivity contribution < 1.29 is 4.74 Å². The molecular weight excluding hydrogens is 234 g/mol. The van der Waals surface area contributed by atoms with Gasteiger partial charge in [0.2, 0.25) is 0 Å². The van der Waals surface area contributed by atoms with Crippen molar-refractivity contribution in [2.75, 3.05) is 6.61 Å². The summed E-state index contributed by atoms with van der Waals surface area (Å²) in [5.41, 5.74) is 4.15. The first-order chi connectivity index (χ1) is 9.13. The van der Waals surface area contributed by atoms with Crippen LogP contribution in [-0.4, -0.2) is 11.6 Å². The van der Waals surface area contributed by atoms with Gasteiger partial charge in [0.1, 0.15) is 18.1 Å². The molecule has 0 saturated heterocycles. The van der Waals surface area contributed by atoms with E-state index in [0.717, 1.165) is 17.1 Å². The second-order valence-corrected chi connectivity index (χ2v) is 4.58. The summed E-state index contributed by atoms with van der Waals surface area (Å²) < 4.78 is 5.62. The molecule has 0 spiro atoms. The summed E-state index contributed by atoms with van der Waals surface area (Å²) in [4.78, 5) is 4.32. The number of pyridine rings is 1. The topological polar surface area (TPSA) is 22.1 Å². The van der Waals surface area contributed by atoms with Crippen molar-refractivity contribution in [3.05, 3.63) is 58.9 Å². The van der Waals surface area contributed by atoms with Crippen molar-refractivity contribution in [1.82, 2.24) is 4.98 Å². The van der Waals surface area contributed by atoms with Crippen LogP contribution in [0.3, 0.4) is 0 Å². The van der Waals surface area contributed by atoms with Crippen molar-refractivity contribution in [2.24, 2.45) is 0 Å². The van der Waals surface area contributed by atoms with E-state index in [1.54, 1.807) is 0 Å². The van der Waals surface area contributed by atoms with Crippen LogP contribution in [0.15, 0.2) is 36.4 Å². The van der Waals surface area contributed by atoms with E-state index in [0.29, 0.717) is 6.61 Å². The Morgan fingerprint density at radius 3 is 2.47 bits per heavy atom. The third-order valence-corrected chi connectivity index (χ3v) is 2.61. The summed E-state index contributed by atoms with van der Waals surface area (Å²) in [6.07, 6.45) is 0. The first kappa shape index (κ1) is 13.2. The molecule has 0 saturated carbocycles. The maximum atomic E-state index is 5.62. The average Bonchev–Trinajstić information content (AvgIpc) is 2.34. The molecule has 0 amide bonds. The van der Waals surface area contributed by atoms with Crippen molar-refractivity contribution in [3.8, 4) is 17.6 Å². The van der Waals surface area contributed by atoms with Gasteiger partial charge >= 0.3 is 0 Å². The summed E-state index contributed by atoms with van der Waals surface area (Å²) in [6.45, 7) is 6.44. The molecule has 96 valence electrons.